The van der Waals surface area contributed by atoms with Crippen molar-refractivity contribution in [1.29, 1.82) is 5.26 Å². The smallest absolute Gasteiger partial charge is 0.272 e. The Balaban J connectivity index is 1.60. The van der Waals surface area contributed by atoms with Gasteiger partial charge in [0.25, 0.3) is 18.2 Å². The second-order valence-electron chi connectivity index (χ2n) is 13.7. The highest BCUT2D eigenvalue weighted by Crippen LogP contribution is 2.30. The molecule has 2 aromatic heterocycles. The molecular formula is C33H42F2N6O2S. The van der Waals surface area contributed by atoms with E-state index in [1.165, 1.54) is 12.1 Å². The number of imidazole rings is 1. The Labute approximate surface area is 262 Å². The molecule has 0 aliphatic carbocycles. The predicted octanol–water partition coefficient (Wildman–Crippen LogP) is 7.16. The van der Waals surface area contributed by atoms with Gasteiger partial charge in [-0.2, -0.15) is 5.26 Å². The minimum absolute atomic E-state index is 0.0581. The lowest BCUT2D eigenvalue weighted by atomic mass is 9.88. The summed E-state index contributed by atoms with van der Waals surface area (Å²) in [5.41, 5.74) is 2.50. The number of hydrogen-bond acceptors (Lipinski definition) is 6. The number of carbonyl (C=O) groups is 2. The number of amides is 2. The number of anilines is 1. The van der Waals surface area contributed by atoms with Crippen LogP contribution in [-0.2, 0) is 17.9 Å². The lowest BCUT2D eigenvalue weighted by molar-refractivity contribution is -0.125. The van der Waals surface area contributed by atoms with Gasteiger partial charge in [0.05, 0.1) is 20.8 Å². The molecule has 0 unspecified atom stereocenters. The fraction of sp³-hybridized carbons (Fsp3) is 0.515. The van der Waals surface area contributed by atoms with Crippen LogP contribution in [0.4, 0.5) is 14.7 Å². The molecule has 1 fully saturated rings. The van der Waals surface area contributed by atoms with Crippen molar-refractivity contribution in [2.45, 2.75) is 80.4 Å². The molecule has 0 radical (unpaired) electrons. The van der Waals surface area contributed by atoms with Crippen LogP contribution in [0.3, 0.4) is 0 Å². The van der Waals surface area contributed by atoms with Gasteiger partial charge in [-0.25, -0.2) is 13.8 Å². The molecule has 1 aliphatic rings. The highest BCUT2D eigenvalue weighted by molar-refractivity contribution is 7.14. The van der Waals surface area contributed by atoms with Gasteiger partial charge in [-0.15, -0.1) is 11.3 Å². The second kappa shape index (κ2) is 13.2. The molecule has 1 saturated heterocycles. The standard InChI is InChI=1S/C33H42F2N6O2S/c1-20(33(5,6)7)37-17-21-8-9-25-24(14-21)38-31(39-29(42)27-11-10-26(44-27)28(34)35)41(25)19-22-12-13-40(18-22)30(43)23(16-36)15-32(2,3)4/h8-11,14-15,20,22,28,37H,12-13,17-19H2,1-7H3,(H,38,39,42)/t20-,22+/m0/s1. The number of aromatic nitrogens is 2. The number of carbonyl (C=O) groups excluding carboxylic acids is 2. The van der Waals surface area contributed by atoms with E-state index in [4.69, 9.17) is 4.98 Å². The van der Waals surface area contributed by atoms with Crippen molar-refractivity contribution in [2.24, 2.45) is 16.7 Å². The maximum atomic E-state index is 13.2. The van der Waals surface area contributed by atoms with Crippen molar-refractivity contribution in [1.82, 2.24) is 19.8 Å². The molecule has 8 nitrogen and oxygen atoms in total. The van der Waals surface area contributed by atoms with Crippen LogP contribution in [0.1, 0.15) is 81.4 Å². The molecule has 11 heteroatoms. The molecule has 3 aromatic rings. The Morgan fingerprint density at radius 2 is 1.91 bits per heavy atom. The Bertz CT molecular complexity index is 1590. The largest absolute Gasteiger partial charge is 0.338 e. The second-order valence-corrected chi connectivity index (χ2v) is 14.9. The Hall–Kier alpha value is -3.62. The van der Waals surface area contributed by atoms with Gasteiger partial charge in [0.2, 0.25) is 5.95 Å². The van der Waals surface area contributed by atoms with E-state index in [1.807, 2.05) is 43.5 Å². The molecule has 44 heavy (non-hydrogen) atoms. The van der Waals surface area contributed by atoms with Gasteiger partial charge in [0.15, 0.2) is 0 Å². The predicted molar refractivity (Wildman–Crippen MR) is 171 cm³/mol. The molecule has 1 aromatic carbocycles. The lowest BCUT2D eigenvalue weighted by Crippen LogP contribution is -2.37. The van der Waals surface area contributed by atoms with Crippen LogP contribution in [-0.4, -0.2) is 45.4 Å². The normalized spacial score (nSPS) is 16.9. The number of nitrogens with one attached hydrogen (secondary N) is 2. The maximum Gasteiger partial charge on any atom is 0.272 e. The van der Waals surface area contributed by atoms with E-state index in [0.717, 1.165) is 28.8 Å². The first kappa shape index (κ1) is 33.3. The van der Waals surface area contributed by atoms with Gasteiger partial charge >= 0.3 is 0 Å². The van der Waals surface area contributed by atoms with Crippen molar-refractivity contribution in [3.8, 4) is 6.07 Å². The molecule has 3 heterocycles. The van der Waals surface area contributed by atoms with E-state index < -0.39 is 12.3 Å². The van der Waals surface area contributed by atoms with Crippen molar-refractivity contribution >= 4 is 40.1 Å². The van der Waals surface area contributed by atoms with Gasteiger partial charge in [-0.1, -0.05) is 53.7 Å². The number of hydrogen-bond donors (Lipinski definition) is 2. The van der Waals surface area contributed by atoms with E-state index in [-0.39, 0.29) is 44.0 Å². The van der Waals surface area contributed by atoms with Crippen LogP contribution in [0.25, 0.3) is 11.0 Å². The third kappa shape index (κ3) is 8.10. The fourth-order valence-corrected chi connectivity index (χ4v) is 5.83. The molecule has 0 spiro atoms. The molecule has 2 N–H and O–H groups in total. The van der Waals surface area contributed by atoms with Crippen LogP contribution < -0.4 is 10.6 Å². The minimum atomic E-state index is -2.65. The van der Waals surface area contributed by atoms with E-state index in [1.54, 1.807) is 11.0 Å². The molecular weight excluding hydrogens is 582 g/mol. The van der Waals surface area contributed by atoms with Crippen LogP contribution in [0.5, 0.6) is 0 Å². The Morgan fingerprint density at radius 3 is 2.52 bits per heavy atom. The van der Waals surface area contributed by atoms with Crippen molar-refractivity contribution in [3.63, 3.8) is 0 Å². The molecule has 0 bridgehead atoms. The number of rotatable bonds is 9. The zero-order valence-corrected chi connectivity index (χ0v) is 27.3. The summed E-state index contributed by atoms with van der Waals surface area (Å²) in [7, 11) is 0. The van der Waals surface area contributed by atoms with E-state index >= 15 is 0 Å². The first-order valence-corrected chi connectivity index (χ1v) is 15.7. The molecule has 2 amide bonds. The average molecular weight is 625 g/mol. The summed E-state index contributed by atoms with van der Waals surface area (Å²) in [6.45, 7) is 16.7. The van der Waals surface area contributed by atoms with Gasteiger partial charge in [0, 0.05) is 32.2 Å². The monoisotopic (exact) mass is 624 g/mol. The molecule has 236 valence electrons. The summed E-state index contributed by atoms with van der Waals surface area (Å²) in [6.07, 6.45) is -0.215. The van der Waals surface area contributed by atoms with Crippen LogP contribution in [0, 0.1) is 28.1 Å². The Morgan fingerprint density at radius 1 is 1.18 bits per heavy atom. The van der Waals surface area contributed by atoms with Gasteiger partial charge in [0.1, 0.15) is 11.6 Å². The quantitative estimate of drug-likeness (QED) is 0.194. The third-order valence-corrected chi connectivity index (χ3v) is 9.05. The minimum Gasteiger partial charge on any atom is -0.338 e. The van der Waals surface area contributed by atoms with E-state index in [0.29, 0.717) is 37.6 Å². The summed E-state index contributed by atoms with van der Waals surface area (Å²) in [5.74, 6) is -0.403. The number of halogens is 2. The number of fused-ring (bicyclic) bond motifs is 1. The number of allylic oxidation sites excluding steroid dienone is 1. The summed E-state index contributed by atoms with van der Waals surface area (Å²) in [6, 6.07) is 11.0. The van der Waals surface area contributed by atoms with Gasteiger partial charge < -0.3 is 14.8 Å². The zero-order chi connectivity index (χ0) is 32.4. The van der Waals surface area contributed by atoms with Crippen molar-refractivity contribution < 1.29 is 18.4 Å². The first-order valence-electron chi connectivity index (χ1n) is 14.9. The third-order valence-electron chi connectivity index (χ3n) is 7.96. The number of nitriles is 1. The summed E-state index contributed by atoms with van der Waals surface area (Å²) in [4.78, 5) is 32.7. The maximum absolute atomic E-state index is 13.2. The van der Waals surface area contributed by atoms with Gasteiger partial charge in [-0.3, -0.25) is 14.9 Å². The molecule has 4 rings (SSSR count). The highest BCUT2D eigenvalue weighted by Gasteiger charge is 2.30. The topological polar surface area (TPSA) is 103 Å². The number of thiophene rings is 1. The van der Waals surface area contributed by atoms with Crippen molar-refractivity contribution in [2.75, 3.05) is 18.4 Å². The van der Waals surface area contributed by atoms with Crippen LogP contribution >= 0.6 is 11.3 Å². The zero-order valence-electron chi connectivity index (χ0n) is 26.5. The average Bonchev–Trinajstić information content (AvgIpc) is 3.68. The summed E-state index contributed by atoms with van der Waals surface area (Å²) in [5, 5.41) is 16.0. The van der Waals surface area contributed by atoms with E-state index in [2.05, 4.69) is 44.4 Å². The Kier molecular flexibility index (Phi) is 9.96. The SMILES string of the molecule is C[C@H](NCc1ccc2c(c1)nc(NC(=O)c1ccc(C(F)F)s1)n2C[C@@H]1CCN(C(=O)C(C#N)=CC(C)(C)C)C1)C(C)(C)C. The number of likely N-dealkylation sites (tertiary alicyclic amines) is 1. The van der Waals surface area contributed by atoms with Gasteiger partial charge in [-0.05, 0) is 59.9 Å². The summed E-state index contributed by atoms with van der Waals surface area (Å²) < 4.78 is 28.3. The lowest BCUT2D eigenvalue weighted by Gasteiger charge is -2.28. The molecule has 1 aliphatic heterocycles. The fourth-order valence-electron chi connectivity index (χ4n) is 5.07. The summed E-state index contributed by atoms with van der Waals surface area (Å²) >= 11 is 0.756. The van der Waals surface area contributed by atoms with Crippen LogP contribution in [0.15, 0.2) is 42.0 Å². The molecule has 0 saturated carbocycles. The number of nitrogens with zero attached hydrogens (tertiary/aromatic N) is 4. The molecule has 2 atom stereocenters. The number of alkyl halides is 2. The first-order chi connectivity index (χ1) is 20.6. The van der Waals surface area contributed by atoms with Crippen LogP contribution in [0.2, 0.25) is 0 Å². The highest BCUT2D eigenvalue weighted by atomic mass is 32.1. The van der Waals surface area contributed by atoms with Crippen molar-refractivity contribution in [3.05, 3.63) is 57.3 Å². The number of benzene rings is 1. The van der Waals surface area contributed by atoms with E-state index in [9.17, 15) is 23.6 Å².